The molecule has 1 aromatic heterocycles. The van der Waals surface area contributed by atoms with E-state index >= 15 is 0 Å². The van der Waals surface area contributed by atoms with Crippen molar-refractivity contribution in [1.82, 2.24) is 0 Å². The zero-order valence-corrected chi connectivity index (χ0v) is 10.3. The van der Waals surface area contributed by atoms with Crippen molar-refractivity contribution in [3.63, 3.8) is 0 Å². The zero-order chi connectivity index (χ0) is 12.6. The van der Waals surface area contributed by atoms with Gasteiger partial charge in [0.25, 0.3) is 0 Å². The van der Waals surface area contributed by atoms with Crippen molar-refractivity contribution in [2.24, 2.45) is 0 Å². The Hall–Kier alpha value is -1.62. The first-order valence-corrected chi connectivity index (χ1v) is 5.96. The first-order valence-electron chi connectivity index (χ1n) is 5.14. The van der Waals surface area contributed by atoms with E-state index in [1.807, 2.05) is 19.9 Å². The van der Waals surface area contributed by atoms with Crippen LogP contribution in [0, 0.1) is 0 Å². The molecule has 0 saturated carbocycles. The van der Waals surface area contributed by atoms with Crippen LogP contribution >= 0.6 is 11.3 Å². The molecule has 0 atom stereocenters. The molecule has 17 heavy (non-hydrogen) atoms. The van der Waals surface area contributed by atoms with Crippen molar-refractivity contribution in [3.05, 3.63) is 33.5 Å². The molecule has 90 valence electrons. The van der Waals surface area contributed by atoms with Crippen LogP contribution in [0.2, 0.25) is 0 Å². The van der Waals surface area contributed by atoms with Gasteiger partial charge in [-0.1, -0.05) is 31.3 Å². The third kappa shape index (κ3) is 2.39. The highest BCUT2D eigenvalue weighted by Gasteiger charge is 2.24. The number of rotatable bonds is 3. The molecule has 0 saturated heterocycles. The van der Waals surface area contributed by atoms with E-state index in [-0.39, 0.29) is 11.4 Å². The minimum absolute atomic E-state index is 0.0469. The number of carboxylic acid groups (broad SMARTS) is 1. The molecule has 4 nitrogen and oxygen atoms in total. The van der Waals surface area contributed by atoms with Crippen LogP contribution in [0.4, 0.5) is 0 Å². The Balaban J connectivity index is 2.48. The van der Waals surface area contributed by atoms with Crippen LogP contribution in [0.5, 0.6) is 0 Å². The van der Waals surface area contributed by atoms with Gasteiger partial charge >= 0.3 is 10.9 Å². The highest BCUT2D eigenvalue weighted by Crippen LogP contribution is 2.30. The van der Waals surface area contributed by atoms with Gasteiger partial charge in [-0.25, -0.2) is 4.79 Å². The minimum atomic E-state index is -0.838. The normalized spacial score (nSPS) is 11.9. The summed E-state index contributed by atoms with van der Waals surface area (Å²) >= 11 is 1.03. The van der Waals surface area contributed by atoms with Crippen molar-refractivity contribution in [2.45, 2.75) is 25.7 Å². The van der Waals surface area contributed by atoms with Gasteiger partial charge in [0.1, 0.15) is 5.58 Å². The topological polar surface area (TPSA) is 67.5 Å². The lowest BCUT2D eigenvalue weighted by atomic mass is 9.82. The van der Waals surface area contributed by atoms with Gasteiger partial charge in [-0.3, -0.25) is 4.79 Å². The largest absolute Gasteiger partial charge is 0.481 e. The molecule has 0 aliphatic carbocycles. The van der Waals surface area contributed by atoms with Gasteiger partial charge in [0.2, 0.25) is 0 Å². The summed E-state index contributed by atoms with van der Waals surface area (Å²) in [6.07, 6.45) is 0.0469. The zero-order valence-electron chi connectivity index (χ0n) is 9.52. The lowest BCUT2D eigenvalue weighted by Gasteiger charge is -2.22. The van der Waals surface area contributed by atoms with Gasteiger partial charge in [0.15, 0.2) is 0 Å². The molecule has 0 unspecified atom stereocenters. The molecule has 0 bridgehead atoms. The molecule has 0 aliphatic rings. The molecule has 1 heterocycles. The standard InChI is InChI=1S/C12H12O4S/c1-12(2,6-10(13)14)7-3-4-8-9(5-7)17-11(15)16-8/h3-5H,6H2,1-2H3,(H,13,14). The Morgan fingerprint density at radius 3 is 2.82 bits per heavy atom. The number of hydrogen-bond acceptors (Lipinski definition) is 4. The van der Waals surface area contributed by atoms with E-state index in [1.165, 1.54) is 0 Å². The lowest BCUT2D eigenvalue weighted by molar-refractivity contribution is -0.138. The molecular formula is C12H12O4S. The van der Waals surface area contributed by atoms with Gasteiger partial charge in [0, 0.05) is 5.41 Å². The van der Waals surface area contributed by atoms with E-state index in [2.05, 4.69) is 0 Å². The van der Waals surface area contributed by atoms with Crippen molar-refractivity contribution in [2.75, 3.05) is 0 Å². The van der Waals surface area contributed by atoms with Crippen LogP contribution < -0.4 is 4.94 Å². The van der Waals surface area contributed by atoms with Crippen LogP contribution in [0.3, 0.4) is 0 Å². The van der Waals surface area contributed by atoms with Crippen molar-refractivity contribution >= 4 is 27.6 Å². The highest BCUT2D eigenvalue weighted by molar-refractivity contribution is 7.16. The number of fused-ring (bicyclic) bond motifs is 1. The Morgan fingerprint density at radius 2 is 2.18 bits per heavy atom. The summed E-state index contributed by atoms with van der Waals surface area (Å²) in [5.74, 6) is -0.838. The van der Waals surface area contributed by atoms with Crippen molar-refractivity contribution < 1.29 is 14.3 Å². The molecule has 0 aliphatic heterocycles. The van der Waals surface area contributed by atoms with Crippen LogP contribution in [0.25, 0.3) is 10.3 Å². The van der Waals surface area contributed by atoms with E-state index < -0.39 is 11.4 Å². The molecule has 2 rings (SSSR count). The number of carboxylic acids is 1. The summed E-state index contributed by atoms with van der Waals surface area (Å²) in [5.41, 5.74) is 0.979. The fourth-order valence-electron chi connectivity index (χ4n) is 1.77. The molecule has 5 heteroatoms. The number of benzene rings is 1. The summed E-state index contributed by atoms with van der Waals surface area (Å²) in [6.45, 7) is 3.73. The SMILES string of the molecule is CC(C)(CC(=O)O)c1ccc2oc(=O)sc2c1. The predicted molar refractivity (Wildman–Crippen MR) is 65.6 cm³/mol. The number of carbonyl (C=O) groups is 1. The van der Waals surface area contributed by atoms with Crippen LogP contribution in [0.1, 0.15) is 25.8 Å². The van der Waals surface area contributed by atoms with Crippen LogP contribution in [-0.4, -0.2) is 11.1 Å². The Bertz CT molecular complexity index is 621. The van der Waals surface area contributed by atoms with Crippen LogP contribution in [-0.2, 0) is 10.2 Å². The molecule has 2 aromatic rings. The minimum Gasteiger partial charge on any atom is -0.481 e. The summed E-state index contributed by atoms with van der Waals surface area (Å²) in [6, 6.07) is 5.35. The monoisotopic (exact) mass is 252 g/mol. The van der Waals surface area contributed by atoms with E-state index in [4.69, 9.17) is 9.52 Å². The Morgan fingerprint density at radius 1 is 1.47 bits per heavy atom. The predicted octanol–water partition coefficient (Wildman–Crippen LogP) is 2.61. The Labute approximate surface area is 102 Å². The number of hydrogen-bond donors (Lipinski definition) is 1. The maximum absolute atomic E-state index is 11.1. The molecular weight excluding hydrogens is 240 g/mol. The van der Waals surface area contributed by atoms with Gasteiger partial charge in [0.05, 0.1) is 11.1 Å². The maximum atomic E-state index is 11.1. The fraction of sp³-hybridized carbons (Fsp3) is 0.333. The van der Waals surface area contributed by atoms with Gasteiger partial charge < -0.3 is 9.52 Å². The first kappa shape index (κ1) is 11.9. The van der Waals surface area contributed by atoms with Crippen LogP contribution in [0.15, 0.2) is 27.4 Å². The maximum Gasteiger partial charge on any atom is 0.396 e. The molecule has 0 radical (unpaired) electrons. The van der Waals surface area contributed by atoms with Crippen molar-refractivity contribution in [1.29, 1.82) is 0 Å². The average molecular weight is 252 g/mol. The van der Waals surface area contributed by atoms with E-state index in [9.17, 15) is 9.59 Å². The van der Waals surface area contributed by atoms with Gasteiger partial charge in [-0.15, -0.1) is 0 Å². The second-order valence-electron chi connectivity index (χ2n) is 4.57. The summed E-state index contributed by atoms with van der Waals surface area (Å²) in [5, 5.41) is 8.86. The van der Waals surface area contributed by atoms with Gasteiger partial charge in [-0.05, 0) is 17.7 Å². The van der Waals surface area contributed by atoms with Gasteiger partial charge in [-0.2, -0.15) is 0 Å². The second kappa shape index (κ2) is 4.00. The molecule has 0 fully saturated rings. The van der Waals surface area contributed by atoms with E-state index in [0.717, 1.165) is 21.6 Å². The first-order chi connectivity index (χ1) is 7.88. The lowest BCUT2D eigenvalue weighted by Crippen LogP contribution is -2.21. The number of aliphatic carboxylic acids is 1. The fourth-order valence-corrected chi connectivity index (χ4v) is 2.48. The van der Waals surface area contributed by atoms with E-state index in [0.29, 0.717) is 5.58 Å². The average Bonchev–Trinajstić information content (AvgIpc) is 2.54. The summed E-state index contributed by atoms with van der Waals surface area (Å²) in [4.78, 5) is 21.5. The summed E-state index contributed by atoms with van der Waals surface area (Å²) in [7, 11) is 0. The molecule has 1 aromatic carbocycles. The Kier molecular flexibility index (Phi) is 2.79. The summed E-state index contributed by atoms with van der Waals surface area (Å²) < 4.78 is 5.72. The molecule has 0 amide bonds. The van der Waals surface area contributed by atoms with Crippen molar-refractivity contribution in [3.8, 4) is 0 Å². The third-order valence-corrected chi connectivity index (χ3v) is 3.49. The second-order valence-corrected chi connectivity index (χ2v) is 5.55. The smallest absolute Gasteiger partial charge is 0.396 e. The molecule has 1 N–H and O–H groups in total. The molecule has 0 spiro atoms. The van der Waals surface area contributed by atoms with E-state index in [1.54, 1.807) is 12.1 Å². The highest BCUT2D eigenvalue weighted by atomic mass is 32.1. The quantitative estimate of drug-likeness (QED) is 0.911. The third-order valence-electron chi connectivity index (χ3n) is 2.70.